The predicted molar refractivity (Wildman–Crippen MR) is 79.6 cm³/mol. The molecule has 5 nitrogen and oxygen atoms in total. The number of furan rings is 1. The van der Waals surface area contributed by atoms with Gasteiger partial charge in [0.1, 0.15) is 5.58 Å². The second-order valence-corrected chi connectivity index (χ2v) is 7.03. The van der Waals surface area contributed by atoms with E-state index in [1.54, 1.807) is 12.1 Å². The zero-order valence-corrected chi connectivity index (χ0v) is 12.8. The van der Waals surface area contributed by atoms with Gasteiger partial charge >= 0.3 is 0 Å². The fraction of sp³-hybridized carbons (Fsp3) is 0.467. The van der Waals surface area contributed by atoms with Crippen LogP contribution in [-0.2, 0) is 14.8 Å². The van der Waals surface area contributed by atoms with Crippen LogP contribution in [0.4, 0.5) is 0 Å². The average molecular weight is 309 g/mol. The van der Waals surface area contributed by atoms with Gasteiger partial charge in [0, 0.05) is 31.1 Å². The maximum absolute atomic E-state index is 12.6. The molecule has 0 spiro atoms. The fourth-order valence-electron chi connectivity index (χ4n) is 2.69. The van der Waals surface area contributed by atoms with Gasteiger partial charge in [-0.3, -0.25) is 0 Å². The largest absolute Gasteiger partial charge is 0.443 e. The maximum atomic E-state index is 12.6. The zero-order valence-electron chi connectivity index (χ0n) is 12.0. The first-order chi connectivity index (χ1) is 10.1. The smallest absolute Gasteiger partial charge is 0.276 e. The Morgan fingerprint density at radius 1 is 1.29 bits per heavy atom. The molecule has 0 atom stereocenters. The number of fused-ring (bicyclic) bond motifs is 1. The van der Waals surface area contributed by atoms with Gasteiger partial charge in [-0.1, -0.05) is 18.2 Å². The molecule has 1 aliphatic heterocycles. The summed E-state index contributed by atoms with van der Waals surface area (Å²) >= 11 is 0. The number of nitrogens with zero attached hydrogens (tertiary/aromatic N) is 1. The first-order valence-electron chi connectivity index (χ1n) is 7.21. The Kier molecular flexibility index (Phi) is 4.01. The molecular formula is C15H19NO4S. The minimum Gasteiger partial charge on any atom is -0.443 e. The molecule has 1 aliphatic rings. The van der Waals surface area contributed by atoms with E-state index in [2.05, 4.69) is 0 Å². The van der Waals surface area contributed by atoms with Crippen LogP contribution in [0.1, 0.15) is 19.8 Å². The van der Waals surface area contributed by atoms with Crippen LogP contribution < -0.4 is 0 Å². The Morgan fingerprint density at radius 3 is 2.67 bits per heavy atom. The summed E-state index contributed by atoms with van der Waals surface area (Å²) in [5.74, 6) is 0. The SMILES string of the molecule is CCOC1CCN(S(=O)(=O)c2cc3ccccc3o2)CC1. The van der Waals surface area contributed by atoms with E-state index in [-0.39, 0.29) is 11.2 Å². The van der Waals surface area contributed by atoms with Crippen LogP contribution in [0.5, 0.6) is 0 Å². The lowest BCUT2D eigenvalue weighted by molar-refractivity contribution is 0.0288. The first kappa shape index (κ1) is 14.6. The van der Waals surface area contributed by atoms with Crippen molar-refractivity contribution in [1.82, 2.24) is 4.31 Å². The minimum absolute atomic E-state index is 0.0264. The highest BCUT2D eigenvalue weighted by atomic mass is 32.2. The van der Waals surface area contributed by atoms with Gasteiger partial charge in [-0.25, -0.2) is 8.42 Å². The molecule has 1 aromatic carbocycles. The molecule has 0 N–H and O–H groups in total. The molecule has 1 saturated heterocycles. The van der Waals surface area contributed by atoms with Crippen LogP contribution in [0.2, 0.25) is 0 Å². The summed E-state index contributed by atoms with van der Waals surface area (Å²) in [6.07, 6.45) is 1.62. The number of piperidine rings is 1. The molecule has 0 amide bonds. The molecule has 1 fully saturated rings. The Balaban J connectivity index is 1.81. The molecule has 3 rings (SSSR count). The lowest BCUT2D eigenvalue weighted by Crippen LogP contribution is -2.40. The number of sulfonamides is 1. The maximum Gasteiger partial charge on any atom is 0.276 e. The summed E-state index contributed by atoms with van der Waals surface area (Å²) < 4.78 is 37.8. The molecule has 0 unspecified atom stereocenters. The Labute approximate surface area is 124 Å². The van der Waals surface area contributed by atoms with Crippen LogP contribution >= 0.6 is 0 Å². The number of benzene rings is 1. The molecule has 2 heterocycles. The number of rotatable bonds is 4. The van der Waals surface area contributed by atoms with Gasteiger partial charge in [0.25, 0.3) is 10.0 Å². The summed E-state index contributed by atoms with van der Waals surface area (Å²) in [5.41, 5.74) is 0.597. The Bertz CT molecular complexity index is 681. The fourth-order valence-corrected chi connectivity index (χ4v) is 4.10. The lowest BCUT2D eigenvalue weighted by atomic mass is 10.1. The summed E-state index contributed by atoms with van der Waals surface area (Å²) in [7, 11) is -3.55. The van der Waals surface area contributed by atoms with Crippen molar-refractivity contribution in [3.8, 4) is 0 Å². The van der Waals surface area contributed by atoms with Crippen molar-refractivity contribution in [3.05, 3.63) is 30.3 Å². The van der Waals surface area contributed by atoms with Crippen LogP contribution in [0.3, 0.4) is 0 Å². The van der Waals surface area contributed by atoms with Gasteiger partial charge in [-0.15, -0.1) is 0 Å². The third-order valence-electron chi connectivity index (χ3n) is 3.80. The topological polar surface area (TPSA) is 59.8 Å². The second kappa shape index (κ2) is 5.79. The van der Waals surface area contributed by atoms with Gasteiger partial charge in [-0.05, 0) is 25.8 Å². The van der Waals surface area contributed by atoms with Crippen molar-refractivity contribution in [1.29, 1.82) is 0 Å². The number of hydrogen-bond donors (Lipinski definition) is 0. The second-order valence-electron chi connectivity index (χ2n) is 5.16. The third-order valence-corrected chi connectivity index (χ3v) is 5.56. The molecule has 2 aromatic rings. The Hall–Kier alpha value is -1.37. The predicted octanol–water partition coefficient (Wildman–Crippen LogP) is 2.62. The van der Waals surface area contributed by atoms with Crippen LogP contribution in [0.25, 0.3) is 11.0 Å². The highest BCUT2D eigenvalue weighted by molar-refractivity contribution is 7.89. The van der Waals surface area contributed by atoms with Crippen LogP contribution in [0, 0.1) is 0 Å². The molecule has 114 valence electrons. The van der Waals surface area contributed by atoms with Gasteiger partial charge in [0.2, 0.25) is 5.09 Å². The average Bonchev–Trinajstić information content (AvgIpc) is 2.93. The molecule has 1 aromatic heterocycles. The molecule has 0 aliphatic carbocycles. The van der Waals surface area contributed by atoms with Crippen LogP contribution in [-0.4, -0.2) is 38.5 Å². The molecule has 21 heavy (non-hydrogen) atoms. The molecule has 0 radical (unpaired) electrons. The van der Waals surface area contributed by atoms with Crippen molar-refractivity contribution in [3.63, 3.8) is 0 Å². The summed E-state index contributed by atoms with van der Waals surface area (Å²) in [6.45, 7) is 3.58. The molecule has 0 bridgehead atoms. The van der Waals surface area contributed by atoms with E-state index in [4.69, 9.17) is 9.15 Å². The lowest BCUT2D eigenvalue weighted by Gasteiger charge is -2.30. The number of ether oxygens (including phenoxy) is 1. The summed E-state index contributed by atoms with van der Waals surface area (Å²) in [6, 6.07) is 8.91. The van der Waals surface area contributed by atoms with Gasteiger partial charge in [-0.2, -0.15) is 4.31 Å². The molecule has 6 heteroatoms. The van der Waals surface area contributed by atoms with Crippen molar-refractivity contribution in [2.45, 2.75) is 31.0 Å². The summed E-state index contributed by atoms with van der Waals surface area (Å²) in [5, 5.41) is 0.832. The van der Waals surface area contributed by atoms with Crippen molar-refractivity contribution < 1.29 is 17.6 Å². The van der Waals surface area contributed by atoms with Crippen LogP contribution in [0.15, 0.2) is 39.8 Å². The number of para-hydroxylation sites is 1. The van der Waals surface area contributed by atoms with Crippen molar-refractivity contribution in [2.24, 2.45) is 0 Å². The Morgan fingerprint density at radius 2 is 2.00 bits per heavy atom. The van der Waals surface area contributed by atoms with E-state index in [1.165, 1.54) is 4.31 Å². The molecule has 0 saturated carbocycles. The number of hydrogen-bond acceptors (Lipinski definition) is 4. The quantitative estimate of drug-likeness (QED) is 0.871. The van der Waals surface area contributed by atoms with Crippen molar-refractivity contribution in [2.75, 3.05) is 19.7 Å². The van der Waals surface area contributed by atoms with E-state index in [0.717, 1.165) is 18.2 Å². The van der Waals surface area contributed by atoms with E-state index in [1.807, 2.05) is 25.1 Å². The van der Waals surface area contributed by atoms with E-state index >= 15 is 0 Å². The minimum atomic E-state index is -3.55. The van der Waals surface area contributed by atoms with Gasteiger partial charge in [0.15, 0.2) is 0 Å². The van der Waals surface area contributed by atoms with Crippen molar-refractivity contribution >= 4 is 21.0 Å². The standard InChI is InChI=1S/C15H19NO4S/c1-2-19-13-7-9-16(10-8-13)21(17,18)15-11-12-5-3-4-6-14(12)20-15/h3-6,11,13H,2,7-10H2,1H3. The van der Waals surface area contributed by atoms with E-state index in [0.29, 0.717) is 25.3 Å². The molecular weight excluding hydrogens is 290 g/mol. The van der Waals surface area contributed by atoms with E-state index < -0.39 is 10.0 Å². The summed E-state index contributed by atoms with van der Waals surface area (Å²) in [4.78, 5) is 0. The zero-order chi connectivity index (χ0) is 14.9. The normalized spacial score (nSPS) is 18.3. The highest BCUT2D eigenvalue weighted by Crippen LogP contribution is 2.27. The third kappa shape index (κ3) is 2.84. The van der Waals surface area contributed by atoms with Gasteiger partial charge < -0.3 is 9.15 Å². The first-order valence-corrected chi connectivity index (χ1v) is 8.65. The van der Waals surface area contributed by atoms with Gasteiger partial charge in [0.05, 0.1) is 6.10 Å². The van der Waals surface area contributed by atoms with E-state index in [9.17, 15) is 8.42 Å². The monoisotopic (exact) mass is 309 g/mol. The highest BCUT2D eigenvalue weighted by Gasteiger charge is 2.32.